The first kappa shape index (κ1) is 24.3. The van der Waals surface area contributed by atoms with Gasteiger partial charge in [-0.05, 0) is 18.6 Å². The second-order valence-electron chi connectivity index (χ2n) is 7.12. The Balaban J connectivity index is 1.55. The number of halogens is 6. The number of likely N-dealkylation sites (tertiary alicyclic amines) is 1. The molecule has 1 saturated heterocycles. The van der Waals surface area contributed by atoms with Crippen molar-refractivity contribution in [1.29, 1.82) is 0 Å². The van der Waals surface area contributed by atoms with Gasteiger partial charge in [0.15, 0.2) is 5.52 Å². The van der Waals surface area contributed by atoms with Crippen LogP contribution in [0.2, 0.25) is 0 Å². The summed E-state index contributed by atoms with van der Waals surface area (Å²) in [5, 5.41) is 30.2. The Morgan fingerprint density at radius 2 is 1.94 bits per heavy atom. The summed E-state index contributed by atoms with van der Waals surface area (Å²) in [6.45, 7) is -1.22. The lowest BCUT2D eigenvalue weighted by atomic mass is 10.3. The van der Waals surface area contributed by atoms with Gasteiger partial charge in [-0.3, -0.25) is 15.0 Å². The van der Waals surface area contributed by atoms with E-state index >= 15 is 0 Å². The van der Waals surface area contributed by atoms with Gasteiger partial charge in [-0.15, -0.1) is 13.2 Å². The minimum atomic E-state index is -4.99. The van der Waals surface area contributed by atoms with Gasteiger partial charge in [-0.1, -0.05) is 0 Å². The first-order valence-electron chi connectivity index (χ1n) is 9.46. The third-order valence-electron chi connectivity index (χ3n) is 4.53. The molecule has 1 aromatic carbocycles. The van der Waals surface area contributed by atoms with Crippen LogP contribution in [0.3, 0.4) is 0 Å². The van der Waals surface area contributed by atoms with Gasteiger partial charge < -0.3 is 19.9 Å². The number of hydrogen-bond acceptors (Lipinski definition) is 8. The van der Waals surface area contributed by atoms with E-state index in [-0.39, 0.29) is 47.6 Å². The molecule has 1 atom stereocenters. The molecule has 1 aliphatic rings. The molecule has 0 radical (unpaired) electrons. The Hall–Kier alpha value is -3.30. The molecule has 1 unspecified atom stereocenters. The second kappa shape index (κ2) is 9.29. The fraction of sp³-hybridized carbons (Fsp3) is 0.529. The number of rotatable bonds is 7. The van der Waals surface area contributed by atoms with Crippen LogP contribution in [0.5, 0.6) is 5.75 Å². The number of carbonyl (C=O) groups excluding carboxylic acids is 1. The normalized spacial score (nSPS) is 17.3. The number of aromatic nitrogens is 3. The largest absolute Gasteiger partial charge is 0.739 e. The number of benzene rings is 1. The molecular formula is C17H17F6N5O5. The Labute approximate surface area is 181 Å². The van der Waals surface area contributed by atoms with Crippen LogP contribution in [0.4, 0.5) is 32.3 Å². The van der Waals surface area contributed by atoms with E-state index < -0.39 is 48.4 Å². The fourth-order valence-electron chi connectivity index (χ4n) is 3.24. The Morgan fingerprint density at radius 3 is 2.61 bits per heavy atom. The lowest BCUT2D eigenvalue weighted by Crippen LogP contribution is -2.44. The number of nitrogens with one attached hydrogen (secondary N) is 1. The highest BCUT2D eigenvalue weighted by molar-refractivity contribution is 5.71. The second-order valence-corrected chi connectivity index (χ2v) is 7.12. The van der Waals surface area contributed by atoms with E-state index in [9.17, 15) is 41.6 Å². The number of hydrogen-bond donors (Lipinski definition) is 1. The van der Waals surface area contributed by atoms with E-state index in [2.05, 4.69) is 15.2 Å². The number of fused-ring (bicyclic) bond motifs is 1. The van der Waals surface area contributed by atoms with Crippen molar-refractivity contribution in [2.24, 2.45) is 0 Å². The standard InChI is InChI=1S/C17H17F6N5O5/c18-16(19,20)9-26-6-4-11(8-26)32-14(29)3-5-24-15-25-28(31)13-7-10(33-17(21,22)23)1-2-12(13)27(15)30/h1-2,7,11H,3-6,8-9H2,(H,24,25). The highest BCUT2D eigenvalue weighted by atomic mass is 19.4. The molecule has 2 heterocycles. The average molecular weight is 485 g/mol. The highest BCUT2D eigenvalue weighted by Gasteiger charge is 2.35. The summed E-state index contributed by atoms with van der Waals surface area (Å²) >= 11 is 0. The lowest BCUT2D eigenvalue weighted by Gasteiger charge is -2.17. The lowest BCUT2D eigenvalue weighted by molar-refractivity contribution is -0.672. The topological polar surface area (TPSA) is 118 Å². The molecule has 16 heteroatoms. The Bertz CT molecular complexity index is 1020. The molecule has 182 valence electrons. The zero-order chi connectivity index (χ0) is 24.4. The van der Waals surface area contributed by atoms with Crippen molar-refractivity contribution in [3.8, 4) is 5.75 Å². The molecule has 1 aliphatic heterocycles. The van der Waals surface area contributed by atoms with E-state index in [0.717, 1.165) is 17.0 Å². The van der Waals surface area contributed by atoms with Crippen molar-refractivity contribution in [3.63, 3.8) is 0 Å². The van der Waals surface area contributed by atoms with Gasteiger partial charge in [-0.25, -0.2) is 4.73 Å². The molecule has 33 heavy (non-hydrogen) atoms. The maximum Gasteiger partial charge on any atom is 0.573 e. The van der Waals surface area contributed by atoms with Crippen molar-refractivity contribution < 1.29 is 50.2 Å². The molecule has 1 aromatic heterocycles. The van der Waals surface area contributed by atoms with Crippen molar-refractivity contribution in [3.05, 3.63) is 28.6 Å². The number of ether oxygens (including phenoxy) is 2. The quantitative estimate of drug-likeness (QED) is 0.271. The van der Waals surface area contributed by atoms with E-state index in [1.807, 2.05) is 0 Å². The number of carbonyl (C=O) groups is 1. The third-order valence-corrected chi connectivity index (χ3v) is 4.53. The molecule has 0 amide bonds. The van der Waals surface area contributed by atoms with Gasteiger partial charge in [0.25, 0.3) is 0 Å². The number of esters is 1. The van der Waals surface area contributed by atoms with E-state index in [1.165, 1.54) is 0 Å². The van der Waals surface area contributed by atoms with Crippen LogP contribution >= 0.6 is 0 Å². The summed E-state index contributed by atoms with van der Waals surface area (Å²) < 4.78 is 83.1. The number of nitrogens with zero attached hydrogens (tertiary/aromatic N) is 4. The highest BCUT2D eigenvalue weighted by Crippen LogP contribution is 2.24. The first-order valence-corrected chi connectivity index (χ1v) is 9.46. The monoisotopic (exact) mass is 485 g/mol. The van der Waals surface area contributed by atoms with Crippen LogP contribution in [-0.2, 0) is 9.53 Å². The van der Waals surface area contributed by atoms with Crippen LogP contribution in [0, 0.1) is 10.4 Å². The molecule has 0 aliphatic carbocycles. The van der Waals surface area contributed by atoms with Gasteiger partial charge in [0.2, 0.25) is 5.10 Å². The van der Waals surface area contributed by atoms with Gasteiger partial charge in [0.05, 0.1) is 25.6 Å². The summed E-state index contributed by atoms with van der Waals surface area (Å²) in [4.78, 5) is 13.0. The van der Waals surface area contributed by atoms with E-state index in [4.69, 9.17) is 4.74 Å². The molecule has 0 saturated carbocycles. The minimum Gasteiger partial charge on any atom is -0.739 e. The SMILES string of the molecule is O=C(CCNc1n[n+]([O-])c2cc(OC(F)(F)F)ccc2[n+]1[O-])OC1CCN(CC(F)(F)F)C1. The molecule has 1 N–H and O–H groups in total. The maximum atomic E-state index is 12.4. The molecule has 0 bridgehead atoms. The molecule has 3 rings (SSSR count). The zero-order valence-electron chi connectivity index (χ0n) is 16.6. The Morgan fingerprint density at radius 1 is 1.21 bits per heavy atom. The summed E-state index contributed by atoms with van der Waals surface area (Å²) in [5.74, 6) is -1.97. The predicted octanol–water partition coefficient (Wildman–Crippen LogP) is 1.38. The summed E-state index contributed by atoms with van der Waals surface area (Å²) in [6, 6.07) is 2.48. The number of anilines is 1. The third kappa shape index (κ3) is 6.84. The Kier molecular flexibility index (Phi) is 6.85. The van der Waals surface area contributed by atoms with Crippen LogP contribution in [0.25, 0.3) is 11.0 Å². The van der Waals surface area contributed by atoms with Crippen LogP contribution in [-0.4, -0.2) is 60.8 Å². The maximum absolute atomic E-state index is 12.4. The van der Waals surface area contributed by atoms with Gasteiger partial charge in [-0.2, -0.15) is 13.2 Å². The fourth-order valence-corrected chi connectivity index (χ4v) is 3.24. The van der Waals surface area contributed by atoms with E-state index in [0.29, 0.717) is 6.07 Å². The van der Waals surface area contributed by atoms with Crippen molar-refractivity contribution in [2.75, 3.05) is 31.5 Å². The van der Waals surface area contributed by atoms with Crippen molar-refractivity contribution >= 4 is 23.0 Å². The predicted molar refractivity (Wildman–Crippen MR) is 96.4 cm³/mol. The minimum absolute atomic E-state index is 0.0539. The van der Waals surface area contributed by atoms with Gasteiger partial charge >= 0.3 is 30.0 Å². The summed E-state index contributed by atoms with van der Waals surface area (Å²) in [5.41, 5.74) is -0.795. The smallest absolute Gasteiger partial charge is 0.573 e. The van der Waals surface area contributed by atoms with Crippen LogP contribution in [0.1, 0.15) is 12.8 Å². The first-order chi connectivity index (χ1) is 15.3. The van der Waals surface area contributed by atoms with Crippen LogP contribution in [0.15, 0.2) is 18.2 Å². The van der Waals surface area contributed by atoms with Gasteiger partial charge in [0.1, 0.15) is 11.9 Å². The van der Waals surface area contributed by atoms with Crippen LogP contribution < -0.4 is 19.6 Å². The molecule has 1 fully saturated rings. The molecule has 0 spiro atoms. The number of alkyl halides is 6. The van der Waals surface area contributed by atoms with Crippen molar-refractivity contribution in [2.45, 2.75) is 31.5 Å². The summed E-state index contributed by atoms with van der Waals surface area (Å²) in [6.07, 6.45) is -10.1. The summed E-state index contributed by atoms with van der Waals surface area (Å²) in [7, 11) is 0. The molecule has 2 aromatic rings. The average Bonchev–Trinajstić information content (AvgIpc) is 3.09. The molecule has 10 nitrogen and oxygen atoms in total. The van der Waals surface area contributed by atoms with E-state index in [1.54, 1.807) is 0 Å². The zero-order valence-corrected chi connectivity index (χ0v) is 16.6. The molecular weight excluding hydrogens is 468 g/mol. The van der Waals surface area contributed by atoms with Gasteiger partial charge in [0, 0.05) is 17.9 Å². The van der Waals surface area contributed by atoms with Crippen molar-refractivity contribution in [1.82, 2.24) is 10.00 Å².